The van der Waals surface area contributed by atoms with E-state index in [1.165, 1.54) is 12.8 Å². The van der Waals surface area contributed by atoms with Crippen LogP contribution in [0.3, 0.4) is 0 Å². The lowest BCUT2D eigenvalue weighted by atomic mass is 9.78. The summed E-state index contributed by atoms with van der Waals surface area (Å²) in [7, 11) is 0. The number of Topliss-reactive ketones (excluding diaryl/α,β-unsaturated/α-hetero) is 1. The quantitative estimate of drug-likeness (QED) is 0.689. The summed E-state index contributed by atoms with van der Waals surface area (Å²) in [5.41, 5.74) is 0.860. The van der Waals surface area contributed by atoms with Crippen LogP contribution in [0.5, 0.6) is 0 Å². The van der Waals surface area contributed by atoms with Gasteiger partial charge in [-0.25, -0.2) is 0 Å². The van der Waals surface area contributed by atoms with E-state index in [1.54, 1.807) is 12.4 Å². The van der Waals surface area contributed by atoms with Crippen molar-refractivity contribution < 1.29 is 4.79 Å². The van der Waals surface area contributed by atoms with Crippen LogP contribution in [0, 0.1) is 11.3 Å². The molecule has 3 rings (SSSR count). The van der Waals surface area contributed by atoms with Gasteiger partial charge < -0.3 is 0 Å². The highest BCUT2D eigenvalue weighted by Crippen LogP contribution is 2.55. The molecule has 2 aliphatic rings. The molecule has 0 atom stereocenters. The van der Waals surface area contributed by atoms with Gasteiger partial charge in [0.2, 0.25) is 0 Å². The summed E-state index contributed by atoms with van der Waals surface area (Å²) in [5.74, 6) is 1.20. The molecule has 1 aromatic rings. The van der Waals surface area contributed by atoms with Crippen LogP contribution in [0.1, 0.15) is 42.5 Å². The third-order valence-electron chi connectivity index (χ3n) is 4.17. The van der Waals surface area contributed by atoms with E-state index in [4.69, 9.17) is 0 Å². The Morgan fingerprint density at radius 3 is 2.47 bits per heavy atom. The number of ketones is 1. The molecular weight excluding hydrogens is 186 g/mol. The van der Waals surface area contributed by atoms with Crippen LogP contribution in [0.15, 0.2) is 24.5 Å². The summed E-state index contributed by atoms with van der Waals surface area (Å²) >= 11 is 0. The minimum absolute atomic E-state index is 0.00597. The fourth-order valence-electron chi connectivity index (χ4n) is 3.32. The molecule has 1 aromatic heterocycles. The van der Waals surface area contributed by atoms with E-state index < -0.39 is 0 Å². The first-order chi connectivity index (χ1) is 7.30. The second-order valence-corrected chi connectivity index (χ2v) is 4.99. The summed E-state index contributed by atoms with van der Waals surface area (Å²) in [4.78, 5) is 16.4. The van der Waals surface area contributed by atoms with Crippen molar-refractivity contribution in [3.63, 3.8) is 0 Å². The van der Waals surface area contributed by atoms with E-state index in [0.29, 0.717) is 5.78 Å². The molecule has 0 spiro atoms. The standard InChI is InChI=1S/C13H15NO/c15-12(11-3-7-14-8-4-11)13-5-1-10(9-13)2-6-13/h3-4,7-8,10H,1-2,5-6,9H2. The first-order valence-corrected chi connectivity index (χ1v) is 5.75. The lowest BCUT2D eigenvalue weighted by Crippen LogP contribution is -2.26. The molecule has 15 heavy (non-hydrogen) atoms. The van der Waals surface area contributed by atoms with Crippen LogP contribution in [0.4, 0.5) is 0 Å². The molecule has 0 saturated heterocycles. The second kappa shape index (κ2) is 3.16. The highest BCUT2D eigenvalue weighted by atomic mass is 16.1. The number of pyridine rings is 1. The average molecular weight is 201 g/mol. The summed E-state index contributed by atoms with van der Waals surface area (Å²) in [5, 5.41) is 0. The number of rotatable bonds is 2. The van der Waals surface area contributed by atoms with E-state index >= 15 is 0 Å². The van der Waals surface area contributed by atoms with Gasteiger partial charge in [0.05, 0.1) is 0 Å². The second-order valence-electron chi connectivity index (χ2n) is 4.99. The molecule has 0 unspecified atom stereocenters. The van der Waals surface area contributed by atoms with Crippen LogP contribution < -0.4 is 0 Å². The molecular formula is C13H15NO. The third-order valence-corrected chi connectivity index (χ3v) is 4.17. The number of fused-ring (bicyclic) bond motifs is 2. The van der Waals surface area contributed by atoms with Crippen LogP contribution in [-0.2, 0) is 0 Å². The van der Waals surface area contributed by atoms with Crippen LogP contribution >= 0.6 is 0 Å². The van der Waals surface area contributed by atoms with E-state index in [-0.39, 0.29) is 5.41 Å². The summed E-state index contributed by atoms with van der Waals surface area (Å²) < 4.78 is 0. The maximum atomic E-state index is 12.4. The van der Waals surface area contributed by atoms with Gasteiger partial charge >= 0.3 is 0 Å². The van der Waals surface area contributed by atoms with Gasteiger partial charge in [0, 0.05) is 23.4 Å². The Morgan fingerprint density at radius 1 is 1.27 bits per heavy atom. The van der Waals surface area contributed by atoms with Gasteiger partial charge in [-0.05, 0) is 50.2 Å². The van der Waals surface area contributed by atoms with E-state index in [0.717, 1.165) is 30.7 Å². The van der Waals surface area contributed by atoms with Gasteiger partial charge in [-0.3, -0.25) is 9.78 Å². The Morgan fingerprint density at radius 2 is 1.93 bits per heavy atom. The third kappa shape index (κ3) is 1.31. The fraction of sp³-hybridized carbons (Fsp3) is 0.538. The summed E-state index contributed by atoms with van der Waals surface area (Å²) in [6, 6.07) is 3.70. The normalized spacial score (nSPS) is 33.2. The van der Waals surface area contributed by atoms with Crippen molar-refractivity contribution in [2.45, 2.75) is 32.1 Å². The maximum Gasteiger partial charge on any atom is 0.169 e. The van der Waals surface area contributed by atoms with E-state index in [2.05, 4.69) is 4.98 Å². The number of hydrogen-bond donors (Lipinski definition) is 0. The zero-order valence-electron chi connectivity index (χ0n) is 8.78. The van der Waals surface area contributed by atoms with Crippen LogP contribution in [0.25, 0.3) is 0 Å². The summed E-state index contributed by atoms with van der Waals surface area (Å²) in [6.07, 6.45) is 9.30. The van der Waals surface area contributed by atoms with E-state index in [9.17, 15) is 4.79 Å². The number of carbonyl (C=O) groups is 1. The monoisotopic (exact) mass is 201 g/mol. The van der Waals surface area contributed by atoms with Crippen molar-refractivity contribution in [3.05, 3.63) is 30.1 Å². The Kier molecular flexibility index (Phi) is 1.91. The Hall–Kier alpha value is -1.18. The number of nitrogens with zero attached hydrogens (tertiary/aromatic N) is 1. The van der Waals surface area contributed by atoms with Gasteiger partial charge in [0.25, 0.3) is 0 Å². The lowest BCUT2D eigenvalue weighted by Gasteiger charge is -2.24. The highest BCUT2D eigenvalue weighted by Gasteiger charge is 2.49. The Labute approximate surface area is 89.7 Å². The molecule has 2 heteroatoms. The fourth-order valence-corrected chi connectivity index (χ4v) is 3.32. The van der Waals surface area contributed by atoms with Crippen molar-refractivity contribution in [2.24, 2.45) is 11.3 Å². The summed E-state index contributed by atoms with van der Waals surface area (Å²) in [6.45, 7) is 0. The minimum atomic E-state index is 0.00597. The molecule has 2 bridgehead atoms. The molecule has 1 heterocycles. The van der Waals surface area contributed by atoms with Crippen LogP contribution in [0.2, 0.25) is 0 Å². The Balaban J connectivity index is 1.92. The minimum Gasteiger partial charge on any atom is -0.294 e. The number of aromatic nitrogens is 1. The molecule has 2 nitrogen and oxygen atoms in total. The molecule has 0 aliphatic heterocycles. The lowest BCUT2D eigenvalue weighted by molar-refractivity contribution is 0.0802. The first-order valence-electron chi connectivity index (χ1n) is 5.75. The molecule has 0 N–H and O–H groups in total. The molecule has 2 saturated carbocycles. The molecule has 0 radical (unpaired) electrons. The molecule has 78 valence electrons. The SMILES string of the molecule is O=C(c1ccncc1)C12CCC(CC1)C2. The molecule has 2 fully saturated rings. The predicted octanol–water partition coefficient (Wildman–Crippen LogP) is 2.84. The van der Waals surface area contributed by atoms with Crippen molar-refractivity contribution in [3.8, 4) is 0 Å². The zero-order valence-corrected chi connectivity index (χ0v) is 8.78. The van der Waals surface area contributed by atoms with Crippen molar-refractivity contribution >= 4 is 5.78 Å². The van der Waals surface area contributed by atoms with Crippen molar-refractivity contribution in [1.29, 1.82) is 0 Å². The number of carbonyl (C=O) groups excluding carboxylic acids is 1. The highest BCUT2D eigenvalue weighted by molar-refractivity contribution is 6.00. The maximum absolute atomic E-state index is 12.4. The van der Waals surface area contributed by atoms with Gasteiger partial charge in [-0.15, -0.1) is 0 Å². The van der Waals surface area contributed by atoms with Gasteiger partial charge in [-0.1, -0.05) is 0 Å². The predicted molar refractivity (Wildman–Crippen MR) is 57.6 cm³/mol. The molecule has 0 aromatic carbocycles. The average Bonchev–Trinajstić information content (AvgIpc) is 2.90. The molecule has 2 aliphatic carbocycles. The largest absolute Gasteiger partial charge is 0.294 e. The number of hydrogen-bond acceptors (Lipinski definition) is 2. The van der Waals surface area contributed by atoms with Crippen molar-refractivity contribution in [1.82, 2.24) is 4.98 Å². The zero-order chi connectivity index (χ0) is 10.3. The molecule has 0 amide bonds. The van der Waals surface area contributed by atoms with Gasteiger partial charge in [0.1, 0.15) is 0 Å². The topological polar surface area (TPSA) is 30.0 Å². The Bertz CT molecular complexity index is 377. The van der Waals surface area contributed by atoms with Crippen molar-refractivity contribution in [2.75, 3.05) is 0 Å². The van der Waals surface area contributed by atoms with Crippen LogP contribution in [-0.4, -0.2) is 10.8 Å². The smallest absolute Gasteiger partial charge is 0.169 e. The van der Waals surface area contributed by atoms with Gasteiger partial charge in [0.15, 0.2) is 5.78 Å². The van der Waals surface area contributed by atoms with Gasteiger partial charge in [-0.2, -0.15) is 0 Å². The van der Waals surface area contributed by atoms with E-state index in [1.807, 2.05) is 12.1 Å². The first kappa shape index (κ1) is 9.08.